The number of aryl methyl sites for hydroxylation is 1. The lowest BCUT2D eigenvalue weighted by Gasteiger charge is -2.36. The first-order valence-corrected chi connectivity index (χ1v) is 10.7. The first kappa shape index (κ1) is 22.0. The summed E-state index contributed by atoms with van der Waals surface area (Å²) in [6.07, 6.45) is 5.37. The lowest BCUT2D eigenvalue weighted by atomic mass is 9.97. The summed E-state index contributed by atoms with van der Waals surface area (Å²) >= 11 is 0. The number of halogens is 1. The van der Waals surface area contributed by atoms with Crippen molar-refractivity contribution in [2.45, 2.75) is 50.5 Å². The van der Waals surface area contributed by atoms with E-state index in [-0.39, 0.29) is 36.9 Å². The van der Waals surface area contributed by atoms with E-state index in [0.29, 0.717) is 24.4 Å². The number of pyridine rings is 1. The minimum Gasteiger partial charge on any atom is -0.394 e. The molecule has 9 heteroatoms. The molecular formula is C23H26FN5O3. The number of nitrogens with zero attached hydrogens (tertiary/aromatic N) is 4. The van der Waals surface area contributed by atoms with Crippen LogP contribution in [0.15, 0.2) is 54.9 Å². The van der Waals surface area contributed by atoms with E-state index < -0.39 is 6.10 Å². The minimum atomic E-state index is -0.452. The number of carbonyl (C=O) groups is 1. The Kier molecular flexibility index (Phi) is 7.18. The van der Waals surface area contributed by atoms with Crippen molar-refractivity contribution in [3.63, 3.8) is 0 Å². The fourth-order valence-electron chi connectivity index (χ4n) is 3.87. The fourth-order valence-corrected chi connectivity index (χ4v) is 3.87. The fraction of sp³-hybridized carbons (Fsp3) is 0.391. The molecule has 0 bridgehead atoms. The zero-order chi connectivity index (χ0) is 22.3. The highest BCUT2D eigenvalue weighted by atomic mass is 19.1. The largest absolute Gasteiger partial charge is 0.394 e. The van der Waals surface area contributed by atoms with Crippen LogP contribution in [0, 0.1) is 5.82 Å². The molecule has 3 heterocycles. The average molecular weight is 439 g/mol. The molecule has 1 saturated heterocycles. The van der Waals surface area contributed by atoms with Crippen LogP contribution in [0.3, 0.4) is 0 Å². The maximum absolute atomic E-state index is 13.1. The zero-order valence-corrected chi connectivity index (χ0v) is 17.6. The van der Waals surface area contributed by atoms with Crippen molar-refractivity contribution in [1.82, 2.24) is 25.3 Å². The molecule has 1 aliphatic heterocycles. The van der Waals surface area contributed by atoms with Crippen molar-refractivity contribution < 1.29 is 19.0 Å². The van der Waals surface area contributed by atoms with Crippen LogP contribution in [0.1, 0.15) is 25.0 Å². The molecule has 3 aromatic rings. The molecule has 1 aliphatic rings. The van der Waals surface area contributed by atoms with E-state index in [1.807, 2.05) is 18.3 Å². The summed E-state index contributed by atoms with van der Waals surface area (Å²) in [6.45, 7) is 0.441. The van der Waals surface area contributed by atoms with Gasteiger partial charge >= 0.3 is 0 Å². The highest BCUT2D eigenvalue weighted by molar-refractivity contribution is 5.78. The van der Waals surface area contributed by atoms with Crippen LogP contribution in [0.25, 0.3) is 11.3 Å². The van der Waals surface area contributed by atoms with Gasteiger partial charge in [0.1, 0.15) is 17.6 Å². The number of aliphatic hydroxyl groups excluding tert-OH is 1. The van der Waals surface area contributed by atoms with Crippen LogP contribution in [0.4, 0.5) is 4.39 Å². The molecule has 1 fully saturated rings. The van der Waals surface area contributed by atoms with Crippen molar-refractivity contribution in [2.24, 2.45) is 0 Å². The number of rotatable bonds is 8. The summed E-state index contributed by atoms with van der Waals surface area (Å²) in [7, 11) is 0. The van der Waals surface area contributed by atoms with E-state index in [0.717, 1.165) is 18.4 Å². The van der Waals surface area contributed by atoms with Crippen molar-refractivity contribution in [3.8, 4) is 11.3 Å². The molecule has 0 unspecified atom stereocenters. The summed E-state index contributed by atoms with van der Waals surface area (Å²) in [6, 6.07) is 11.4. The standard InChI is InChI=1S/C23H26FN5O3/c24-17-6-4-16(5-7-17)21-14-29(28-27-21)12-10-19-8-9-20(22(15-30)32-19)26-23(31)13-18-3-1-2-11-25-18/h1-7,11,14,19-20,22,30H,8-10,12-13,15H2,(H,26,31)/t19-,20+,22-/m0/s1. The molecule has 0 saturated carbocycles. The number of aromatic nitrogens is 4. The van der Waals surface area contributed by atoms with Gasteiger partial charge < -0.3 is 15.2 Å². The Morgan fingerprint density at radius 2 is 2.06 bits per heavy atom. The predicted molar refractivity (Wildman–Crippen MR) is 115 cm³/mol. The van der Waals surface area contributed by atoms with Crippen LogP contribution in [-0.2, 0) is 22.5 Å². The number of aliphatic hydroxyl groups is 1. The van der Waals surface area contributed by atoms with E-state index in [2.05, 4.69) is 20.6 Å². The third-order valence-electron chi connectivity index (χ3n) is 5.57. The minimum absolute atomic E-state index is 0.0467. The Bertz CT molecular complexity index is 1010. The Morgan fingerprint density at radius 1 is 1.22 bits per heavy atom. The Balaban J connectivity index is 1.26. The molecule has 3 atom stereocenters. The second-order valence-electron chi connectivity index (χ2n) is 7.89. The Labute approximate surface area is 185 Å². The molecule has 32 heavy (non-hydrogen) atoms. The van der Waals surface area contributed by atoms with E-state index in [9.17, 15) is 14.3 Å². The maximum Gasteiger partial charge on any atom is 0.226 e. The van der Waals surface area contributed by atoms with Crippen LogP contribution < -0.4 is 5.32 Å². The summed E-state index contributed by atoms with van der Waals surface area (Å²) in [5.41, 5.74) is 2.18. The van der Waals surface area contributed by atoms with Gasteiger partial charge in [0.05, 0.1) is 31.4 Å². The predicted octanol–water partition coefficient (Wildman–Crippen LogP) is 2.14. The van der Waals surface area contributed by atoms with Crippen molar-refractivity contribution >= 4 is 5.91 Å². The summed E-state index contributed by atoms with van der Waals surface area (Å²) in [4.78, 5) is 16.5. The Hall–Kier alpha value is -3.17. The number of hydrogen-bond acceptors (Lipinski definition) is 6. The molecule has 4 rings (SSSR count). The van der Waals surface area contributed by atoms with E-state index in [4.69, 9.17) is 4.74 Å². The lowest BCUT2D eigenvalue weighted by molar-refractivity contribution is -0.128. The third-order valence-corrected chi connectivity index (χ3v) is 5.57. The van der Waals surface area contributed by atoms with Gasteiger partial charge in [-0.25, -0.2) is 4.39 Å². The van der Waals surface area contributed by atoms with Gasteiger partial charge in [-0.3, -0.25) is 14.5 Å². The normalized spacial score (nSPS) is 20.8. The summed E-state index contributed by atoms with van der Waals surface area (Å²) < 4.78 is 20.9. The number of carbonyl (C=O) groups excluding carboxylic acids is 1. The number of ether oxygens (including phenoxy) is 1. The number of hydrogen-bond donors (Lipinski definition) is 2. The molecule has 168 valence electrons. The van der Waals surface area contributed by atoms with Crippen LogP contribution in [0.5, 0.6) is 0 Å². The molecule has 2 aromatic heterocycles. The second kappa shape index (κ2) is 10.4. The number of nitrogens with one attached hydrogen (secondary N) is 1. The second-order valence-corrected chi connectivity index (χ2v) is 7.89. The van der Waals surface area contributed by atoms with E-state index in [1.165, 1.54) is 12.1 Å². The molecule has 0 aliphatic carbocycles. The highest BCUT2D eigenvalue weighted by Gasteiger charge is 2.31. The zero-order valence-electron chi connectivity index (χ0n) is 17.6. The van der Waals surface area contributed by atoms with E-state index in [1.54, 1.807) is 29.1 Å². The smallest absolute Gasteiger partial charge is 0.226 e. The van der Waals surface area contributed by atoms with Gasteiger partial charge in [-0.05, 0) is 55.7 Å². The first-order valence-electron chi connectivity index (χ1n) is 10.7. The van der Waals surface area contributed by atoms with Crippen molar-refractivity contribution in [3.05, 3.63) is 66.4 Å². The highest BCUT2D eigenvalue weighted by Crippen LogP contribution is 2.23. The molecule has 0 spiro atoms. The van der Waals surface area contributed by atoms with Crippen molar-refractivity contribution in [2.75, 3.05) is 6.61 Å². The van der Waals surface area contributed by atoms with Gasteiger partial charge in [-0.2, -0.15) is 0 Å². The SMILES string of the molecule is O=C(Cc1ccccn1)N[C@@H]1CC[C@@H](CCn2cc(-c3ccc(F)cc3)nn2)O[C@H]1CO. The van der Waals surface area contributed by atoms with Crippen molar-refractivity contribution in [1.29, 1.82) is 0 Å². The summed E-state index contributed by atoms with van der Waals surface area (Å²) in [5, 5.41) is 21.0. The van der Waals surface area contributed by atoms with Gasteiger partial charge in [0, 0.05) is 24.0 Å². The molecule has 1 amide bonds. The third kappa shape index (κ3) is 5.74. The Morgan fingerprint density at radius 3 is 2.81 bits per heavy atom. The van der Waals surface area contributed by atoms with Gasteiger partial charge in [-0.1, -0.05) is 11.3 Å². The van der Waals surface area contributed by atoms with E-state index >= 15 is 0 Å². The van der Waals surface area contributed by atoms with Gasteiger partial charge in [0.25, 0.3) is 0 Å². The van der Waals surface area contributed by atoms with Crippen LogP contribution >= 0.6 is 0 Å². The van der Waals surface area contributed by atoms with Crippen LogP contribution in [-0.4, -0.2) is 55.8 Å². The van der Waals surface area contributed by atoms with Gasteiger partial charge in [0.2, 0.25) is 5.91 Å². The number of benzene rings is 1. The first-order chi connectivity index (χ1) is 15.6. The molecule has 0 radical (unpaired) electrons. The molecule has 1 aromatic carbocycles. The average Bonchev–Trinajstić information content (AvgIpc) is 3.28. The van der Waals surface area contributed by atoms with Gasteiger partial charge in [-0.15, -0.1) is 5.10 Å². The van der Waals surface area contributed by atoms with Gasteiger partial charge in [0.15, 0.2) is 0 Å². The quantitative estimate of drug-likeness (QED) is 0.558. The molecule has 8 nitrogen and oxygen atoms in total. The maximum atomic E-state index is 13.1. The molecule has 2 N–H and O–H groups in total. The van der Waals surface area contributed by atoms with Crippen LogP contribution in [0.2, 0.25) is 0 Å². The molecular weight excluding hydrogens is 413 g/mol. The topological polar surface area (TPSA) is 102 Å². The summed E-state index contributed by atoms with van der Waals surface area (Å²) in [5.74, 6) is -0.426. The monoisotopic (exact) mass is 439 g/mol. The lowest BCUT2D eigenvalue weighted by Crippen LogP contribution is -2.51. The number of amides is 1.